The maximum atomic E-state index is 4.47. The van der Waals surface area contributed by atoms with Crippen molar-refractivity contribution in [3.8, 4) is 0 Å². The molecule has 0 amide bonds. The number of pyridine rings is 1. The number of fused-ring (bicyclic) bond motifs is 1. The SMILES string of the molecule is C1=Cc2cccc(CCCCCCc3ccccn3)c2[N]1. The maximum absolute atomic E-state index is 4.47. The van der Waals surface area contributed by atoms with Gasteiger partial charge in [0.25, 0.3) is 0 Å². The van der Waals surface area contributed by atoms with Gasteiger partial charge in [-0.05, 0) is 49.5 Å². The van der Waals surface area contributed by atoms with Crippen LogP contribution in [0.3, 0.4) is 0 Å². The third kappa shape index (κ3) is 3.72. The molecular formula is C19H21N2. The van der Waals surface area contributed by atoms with Crippen molar-refractivity contribution in [2.24, 2.45) is 0 Å². The van der Waals surface area contributed by atoms with Gasteiger partial charge in [0.2, 0.25) is 0 Å². The second-order valence-electron chi connectivity index (χ2n) is 5.54. The summed E-state index contributed by atoms with van der Waals surface area (Å²) in [6.07, 6.45) is 13.1. The molecule has 3 rings (SSSR count). The van der Waals surface area contributed by atoms with Crippen LogP contribution in [0.4, 0.5) is 5.69 Å². The molecule has 0 spiro atoms. The van der Waals surface area contributed by atoms with E-state index in [1.54, 1.807) is 0 Å². The third-order valence-corrected chi connectivity index (χ3v) is 3.96. The van der Waals surface area contributed by atoms with E-state index in [0.29, 0.717) is 0 Å². The van der Waals surface area contributed by atoms with Crippen LogP contribution < -0.4 is 5.32 Å². The van der Waals surface area contributed by atoms with Crippen LogP contribution in [0.1, 0.15) is 42.5 Å². The summed E-state index contributed by atoms with van der Waals surface area (Å²) in [5.41, 5.74) is 5.05. The van der Waals surface area contributed by atoms with Crippen molar-refractivity contribution in [1.82, 2.24) is 10.3 Å². The van der Waals surface area contributed by atoms with E-state index in [9.17, 15) is 0 Å². The first-order valence-electron chi connectivity index (χ1n) is 7.83. The number of nitrogens with zero attached hydrogens (tertiary/aromatic N) is 2. The molecule has 0 saturated carbocycles. The summed E-state index contributed by atoms with van der Waals surface area (Å²) in [4.78, 5) is 4.36. The van der Waals surface area contributed by atoms with Crippen molar-refractivity contribution in [1.29, 1.82) is 0 Å². The molecule has 0 fully saturated rings. The third-order valence-electron chi connectivity index (χ3n) is 3.96. The molecule has 1 aliphatic rings. The Kier molecular flexibility index (Phi) is 4.67. The molecule has 2 nitrogen and oxygen atoms in total. The zero-order chi connectivity index (χ0) is 14.3. The minimum Gasteiger partial charge on any atom is -0.261 e. The number of benzene rings is 1. The van der Waals surface area contributed by atoms with Crippen LogP contribution in [0.2, 0.25) is 0 Å². The van der Waals surface area contributed by atoms with Gasteiger partial charge in [0.05, 0.1) is 5.69 Å². The Morgan fingerprint density at radius 2 is 1.71 bits per heavy atom. The molecular weight excluding hydrogens is 256 g/mol. The number of hydrogen-bond donors (Lipinski definition) is 0. The van der Waals surface area contributed by atoms with Gasteiger partial charge in [-0.25, -0.2) is 0 Å². The van der Waals surface area contributed by atoms with Crippen molar-refractivity contribution < 1.29 is 0 Å². The predicted octanol–water partition coefficient (Wildman–Crippen LogP) is 4.65. The Morgan fingerprint density at radius 1 is 0.810 bits per heavy atom. The largest absolute Gasteiger partial charge is 0.261 e. The summed E-state index contributed by atoms with van der Waals surface area (Å²) >= 11 is 0. The van der Waals surface area contributed by atoms with Crippen LogP contribution >= 0.6 is 0 Å². The highest BCUT2D eigenvalue weighted by Crippen LogP contribution is 2.28. The molecule has 2 aromatic rings. The molecule has 107 valence electrons. The van der Waals surface area contributed by atoms with Crippen LogP contribution in [-0.4, -0.2) is 4.98 Å². The lowest BCUT2D eigenvalue weighted by molar-refractivity contribution is 0.635. The van der Waals surface area contributed by atoms with E-state index < -0.39 is 0 Å². The zero-order valence-electron chi connectivity index (χ0n) is 12.3. The van der Waals surface area contributed by atoms with E-state index in [0.717, 1.165) is 12.8 Å². The lowest BCUT2D eigenvalue weighted by Gasteiger charge is -2.07. The van der Waals surface area contributed by atoms with Crippen molar-refractivity contribution in [2.75, 3.05) is 0 Å². The fourth-order valence-electron chi connectivity index (χ4n) is 2.82. The van der Waals surface area contributed by atoms with Gasteiger partial charge in [-0.15, -0.1) is 0 Å². The Balaban J connectivity index is 1.37. The zero-order valence-corrected chi connectivity index (χ0v) is 12.3. The number of aryl methyl sites for hydroxylation is 2. The second-order valence-corrected chi connectivity index (χ2v) is 5.54. The average Bonchev–Trinajstić information content (AvgIpc) is 3.01. The Bertz CT molecular complexity index is 602. The monoisotopic (exact) mass is 277 g/mol. The van der Waals surface area contributed by atoms with Crippen molar-refractivity contribution >= 4 is 11.8 Å². The normalized spacial score (nSPS) is 12.2. The average molecular weight is 277 g/mol. The van der Waals surface area contributed by atoms with Crippen molar-refractivity contribution in [2.45, 2.75) is 38.5 Å². The van der Waals surface area contributed by atoms with Gasteiger partial charge >= 0.3 is 0 Å². The Labute approximate surface area is 126 Å². The van der Waals surface area contributed by atoms with E-state index in [-0.39, 0.29) is 0 Å². The number of hydrogen-bond acceptors (Lipinski definition) is 1. The smallest absolute Gasteiger partial charge is 0.0734 e. The summed E-state index contributed by atoms with van der Waals surface area (Å²) in [5.74, 6) is 0. The summed E-state index contributed by atoms with van der Waals surface area (Å²) in [7, 11) is 0. The molecule has 0 unspecified atom stereocenters. The minimum atomic E-state index is 1.10. The summed E-state index contributed by atoms with van der Waals surface area (Å²) in [6.45, 7) is 0. The maximum Gasteiger partial charge on any atom is 0.0734 e. The van der Waals surface area contributed by atoms with Gasteiger partial charge < -0.3 is 0 Å². The van der Waals surface area contributed by atoms with Gasteiger partial charge in [0, 0.05) is 23.7 Å². The molecule has 0 saturated heterocycles. The van der Waals surface area contributed by atoms with Gasteiger partial charge in [0.15, 0.2) is 0 Å². The van der Waals surface area contributed by atoms with Crippen LogP contribution in [0.25, 0.3) is 6.08 Å². The fourth-order valence-corrected chi connectivity index (χ4v) is 2.82. The Hall–Kier alpha value is -2.09. The fraction of sp³-hybridized carbons (Fsp3) is 0.316. The molecule has 21 heavy (non-hydrogen) atoms. The molecule has 1 radical (unpaired) electrons. The number of aromatic nitrogens is 1. The number of rotatable bonds is 7. The minimum absolute atomic E-state index is 1.10. The second kappa shape index (κ2) is 7.07. The van der Waals surface area contributed by atoms with Gasteiger partial charge in [-0.1, -0.05) is 37.1 Å². The van der Waals surface area contributed by atoms with Gasteiger partial charge in [-0.2, -0.15) is 0 Å². The first-order valence-corrected chi connectivity index (χ1v) is 7.83. The molecule has 1 aromatic heterocycles. The predicted molar refractivity (Wildman–Crippen MR) is 87.4 cm³/mol. The Morgan fingerprint density at radius 3 is 2.57 bits per heavy atom. The molecule has 1 aromatic carbocycles. The van der Waals surface area contributed by atoms with E-state index in [1.807, 2.05) is 18.5 Å². The highest BCUT2D eigenvalue weighted by Gasteiger charge is 2.10. The molecule has 0 N–H and O–H groups in total. The van der Waals surface area contributed by atoms with Crippen molar-refractivity contribution in [3.05, 3.63) is 65.6 Å². The van der Waals surface area contributed by atoms with Crippen LogP contribution in [-0.2, 0) is 12.8 Å². The number of unbranched alkanes of at least 4 members (excludes halogenated alkanes) is 3. The van der Waals surface area contributed by atoms with Crippen LogP contribution in [0.15, 0.2) is 48.8 Å². The van der Waals surface area contributed by atoms with E-state index in [1.165, 1.54) is 48.2 Å². The number of para-hydroxylation sites is 1. The lowest BCUT2D eigenvalue weighted by Crippen LogP contribution is -1.94. The first-order chi connectivity index (χ1) is 10.4. The van der Waals surface area contributed by atoms with Crippen molar-refractivity contribution in [3.63, 3.8) is 0 Å². The summed E-state index contributed by atoms with van der Waals surface area (Å²) in [5, 5.41) is 4.47. The summed E-state index contributed by atoms with van der Waals surface area (Å²) < 4.78 is 0. The molecule has 1 aliphatic heterocycles. The highest BCUT2D eigenvalue weighted by atomic mass is 14.9. The quantitative estimate of drug-likeness (QED) is 0.677. The van der Waals surface area contributed by atoms with Crippen LogP contribution in [0, 0.1) is 0 Å². The summed E-state index contributed by atoms with van der Waals surface area (Å²) in [6, 6.07) is 12.6. The molecule has 2 heterocycles. The van der Waals surface area contributed by atoms with Crippen LogP contribution in [0.5, 0.6) is 0 Å². The molecule has 0 bridgehead atoms. The molecule has 2 heteroatoms. The molecule has 0 atom stereocenters. The van der Waals surface area contributed by atoms with E-state index in [2.05, 4.69) is 46.7 Å². The highest BCUT2D eigenvalue weighted by molar-refractivity contribution is 5.71. The standard InChI is InChI=1S/C19H21N2/c1(2-4-11-18-12-5-6-14-20-18)3-8-16-9-7-10-17-13-15-21-19(16)17/h5-7,9-10,12-15H,1-4,8,11H2. The lowest BCUT2D eigenvalue weighted by atomic mass is 10.0. The van der Waals surface area contributed by atoms with E-state index >= 15 is 0 Å². The topological polar surface area (TPSA) is 27.0 Å². The first kappa shape index (κ1) is 13.9. The molecule has 0 aliphatic carbocycles. The van der Waals surface area contributed by atoms with Gasteiger partial charge in [0.1, 0.15) is 0 Å². The van der Waals surface area contributed by atoms with Gasteiger partial charge in [-0.3, -0.25) is 10.3 Å². The van der Waals surface area contributed by atoms with E-state index in [4.69, 9.17) is 0 Å².